The van der Waals surface area contributed by atoms with Crippen molar-refractivity contribution in [2.45, 2.75) is 6.54 Å². The summed E-state index contributed by atoms with van der Waals surface area (Å²) in [4.78, 5) is 0. The minimum absolute atomic E-state index is 0.592. The molecule has 2 heterocycles. The number of benzene rings is 2. The molecule has 1 N–H and O–H groups in total. The Hall–Kier alpha value is -2.88. The van der Waals surface area contributed by atoms with Crippen molar-refractivity contribution in [3.05, 3.63) is 66.4 Å². The Labute approximate surface area is 134 Å². The van der Waals surface area contributed by atoms with Crippen molar-refractivity contribution in [1.82, 2.24) is 0 Å². The van der Waals surface area contributed by atoms with Gasteiger partial charge in [0.25, 0.3) is 0 Å². The van der Waals surface area contributed by atoms with Crippen molar-refractivity contribution in [2.75, 3.05) is 18.5 Å². The molecule has 23 heavy (non-hydrogen) atoms. The lowest BCUT2D eigenvalue weighted by molar-refractivity contribution is 0.171. The molecule has 0 atom stereocenters. The minimum atomic E-state index is 0.592. The summed E-state index contributed by atoms with van der Waals surface area (Å²) in [7, 11) is 0. The van der Waals surface area contributed by atoms with E-state index in [0.29, 0.717) is 19.8 Å². The van der Waals surface area contributed by atoms with Crippen LogP contribution in [0.1, 0.15) is 5.76 Å². The zero-order valence-electron chi connectivity index (χ0n) is 12.6. The number of furan rings is 1. The van der Waals surface area contributed by atoms with E-state index in [1.165, 1.54) is 0 Å². The van der Waals surface area contributed by atoms with Gasteiger partial charge in [-0.05, 0) is 24.3 Å². The van der Waals surface area contributed by atoms with E-state index in [0.717, 1.165) is 34.3 Å². The van der Waals surface area contributed by atoms with E-state index in [9.17, 15) is 0 Å². The SMILES string of the molecule is c1ccc(-c2ccc(CNc3ccc4c(c3)OCCO4)o2)cc1. The van der Waals surface area contributed by atoms with Crippen molar-refractivity contribution < 1.29 is 13.9 Å². The Morgan fingerprint density at radius 2 is 1.65 bits per heavy atom. The first-order chi connectivity index (χ1) is 11.4. The van der Waals surface area contributed by atoms with Crippen LogP contribution in [0.15, 0.2) is 65.1 Å². The predicted octanol–water partition coefficient (Wildman–Crippen LogP) is 4.33. The van der Waals surface area contributed by atoms with Crippen molar-refractivity contribution >= 4 is 5.69 Å². The molecular formula is C19H17NO3. The average Bonchev–Trinajstić information content (AvgIpc) is 3.10. The maximum atomic E-state index is 5.89. The molecule has 2 aromatic carbocycles. The summed E-state index contributed by atoms with van der Waals surface area (Å²) < 4.78 is 17.0. The van der Waals surface area contributed by atoms with E-state index in [4.69, 9.17) is 13.9 Å². The van der Waals surface area contributed by atoms with Gasteiger partial charge >= 0.3 is 0 Å². The fraction of sp³-hybridized carbons (Fsp3) is 0.158. The van der Waals surface area contributed by atoms with E-state index >= 15 is 0 Å². The molecule has 3 aromatic rings. The largest absolute Gasteiger partial charge is 0.486 e. The third-order valence-corrected chi connectivity index (χ3v) is 3.73. The first-order valence-corrected chi connectivity index (χ1v) is 7.66. The van der Waals surface area contributed by atoms with Crippen molar-refractivity contribution in [3.8, 4) is 22.8 Å². The van der Waals surface area contributed by atoms with Gasteiger partial charge in [0.2, 0.25) is 0 Å². The van der Waals surface area contributed by atoms with Gasteiger partial charge in [0, 0.05) is 17.3 Å². The quantitative estimate of drug-likeness (QED) is 0.779. The number of ether oxygens (including phenoxy) is 2. The normalized spacial score (nSPS) is 12.9. The highest BCUT2D eigenvalue weighted by molar-refractivity contribution is 5.58. The Kier molecular flexibility index (Phi) is 3.64. The fourth-order valence-electron chi connectivity index (χ4n) is 2.57. The molecule has 1 aliphatic rings. The third kappa shape index (κ3) is 3.01. The predicted molar refractivity (Wildman–Crippen MR) is 88.9 cm³/mol. The maximum absolute atomic E-state index is 5.89. The summed E-state index contributed by atoms with van der Waals surface area (Å²) in [5.74, 6) is 3.35. The highest BCUT2D eigenvalue weighted by atomic mass is 16.6. The highest BCUT2D eigenvalue weighted by Gasteiger charge is 2.12. The van der Waals surface area contributed by atoms with Gasteiger partial charge in [-0.1, -0.05) is 30.3 Å². The standard InChI is InChI=1S/C19H17NO3/c1-2-4-14(5-3-1)17-9-7-16(23-17)13-20-15-6-8-18-19(12-15)22-11-10-21-18/h1-9,12,20H,10-11,13H2. The molecule has 0 radical (unpaired) electrons. The van der Waals surface area contributed by atoms with Crippen molar-refractivity contribution in [2.24, 2.45) is 0 Å². The molecular weight excluding hydrogens is 290 g/mol. The second-order valence-corrected chi connectivity index (χ2v) is 5.34. The molecule has 0 aliphatic carbocycles. The van der Waals surface area contributed by atoms with Gasteiger partial charge in [-0.2, -0.15) is 0 Å². The van der Waals surface area contributed by atoms with Crippen LogP contribution in [-0.4, -0.2) is 13.2 Å². The van der Waals surface area contributed by atoms with Crippen LogP contribution in [0.5, 0.6) is 11.5 Å². The van der Waals surface area contributed by atoms with Crippen LogP contribution in [0, 0.1) is 0 Å². The summed E-state index contributed by atoms with van der Waals surface area (Å²) in [6.07, 6.45) is 0. The van der Waals surface area contributed by atoms with E-state index in [-0.39, 0.29) is 0 Å². The van der Waals surface area contributed by atoms with Crippen LogP contribution in [0.4, 0.5) is 5.69 Å². The first-order valence-electron chi connectivity index (χ1n) is 7.66. The van der Waals surface area contributed by atoms with Crippen molar-refractivity contribution in [1.29, 1.82) is 0 Å². The zero-order valence-corrected chi connectivity index (χ0v) is 12.6. The Morgan fingerprint density at radius 1 is 0.826 bits per heavy atom. The fourth-order valence-corrected chi connectivity index (χ4v) is 2.57. The van der Waals surface area contributed by atoms with Crippen LogP contribution >= 0.6 is 0 Å². The highest BCUT2D eigenvalue weighted by Crippen LogP contribution is 2.32. The molecule has 0 saturated carbocycles. The second kappa shape index (κ2) is 6.08. The van der Waals surface area contributed by atoms with Gasteiger partial charge in [0.15, 0.2) is 11.5 Å². The summed E-state index contributed by atoms with van der Waals surface area (Å²) >= 11 is 0. The summed E-state index contributed by atoms with van der Waals surface area (Å²) in [5.41, 5.74) is 2.06. The molecule has 0 fully saturated rings. The van der Waals surface area contributed by atoms with E-state index in [1.807, 2.05) is 60.7 Å². The summed E-state index contributed by atoms with van der Waals surface area (Å²) in [6.45, 7) is 1.82. The van der Waals surface area contributed by atoms with E-state index in [2.05, 4.69) is 5.32 Å². The molecule has 0 unspecified atom stereocenters. The van der Waals surface area contributed by atoms with Crippen molar-refractivity contribution in [3.63, 3.8) is 0 Å². The van der Waals surface area contributed by atoms with Gasteiger partial charge in [-0.15, -0.1) is 0 Å². The molecule has 1 aromatic heterocycles. The van der Waals surface area contributed by atoms with Gasteiger partial charge in [0.1, 0.15) is 24.7 Å². The molecule has 0 spiro atoms. The maximum Gasteiger partial charge on any atom is 0.163 e. The monoisotopic (exact) mass is 307 g/mol. The Balaban J connectivity index is 1.44. The van der Waals surface area contributed by atoms with Crippen LogP contribution in [-0.2, 0) is 6.54 Å². The average molecular weight is 307 g/mol. The molecule has 0 amide bonds. The molecule has 4 heteroatoms. The van der Waals surface area contributed by atoms with Crippen LogP contribution in [0.25, 0.3) is 11.3 Å². The number of hydrogen-bond donors (Lipinski definition) is 1. The molecule has 116 valence electrons. The lowest BCUT2D eigenvalue weighted by Crippen LogP contribution is -2.15. The van der Waals surface area contributed by atoms with E-state index < -0.39 is 0 Å². The van der Waals surface area contributed by atoms with Gasteiger partial charge in [-0.25, -0.2) is 0 Å². The molecule has 4 rings (SSSR count). The number of nitrogens with one attached hydrogen (secondary N) is 1. The van der Waals surface area contributed by atoms with Gasteiger partial charge < -0.3 is 19.2 Å². The summed E-state index contributed by atoms with van der Waals surface area (Å²) in [6, 6.07) is 19.9. The van der Waals surface area contributed by atoms with Crippen LogP contribution in [0.3, 0.4) is 0 Å². The smallest absolute Gasteiger partial charge is 0.163 e. The molecule has 1 aliphatic heterocycles. The number of anilines is 1. The molecule has 0 bridgehead atoms. The van der Waals surface area contributed by atoms with Crippen LogP contribution < -0.4 is 14.8 Å². The second-order valence-electron chi connectivity index (χ2n) is 5.34. The van der Waals surface area contributed by atoms with E-state index in [1.54, 1.807) is 0 Å². The van der Waals surface area contributed by atoms with Gasteiger partial charge in [0.05, 0.1) is 6.54 Å². The molecule has 0 saturated heterocycles. The Bertz CT molecular complexity index is 795. The lowest BCUT2D eigenvalue weighted by atomic mass is 10.2. The number of fused-ring (bicyclic) bond motifs is 1. The number of hydrogen-bond acceptors (Lipinski definition) is 4. The third-order valence-electron chi connectivity index (χ3n) is 3.73. The molecule has 4 nitrogen and oxygen atoms in total. The zero-order chi connectivity index (χ0) is 15.5. The first kappa shape index (κ1) is 13.8. The topological polar surface area (TPSA) is 43.6 Å². The van der Waals surface area contributed by atoms with Gasteiger partial charge in [-0.3, -0.25) is 0 Å². The summed E-state index contributed by atoms with van der Waals surface area (Å²) in [5, 5.41) is 3.35. The van der Waals surface area contributed by atoms with Crippen LogP contribution in [0.2, 0.25) is 0 Å². The lowest BCUT2D eigenvalue weighted by Gasteiger charge is -2.19. The number of rotatable bonds is 4. The minimum Gasteiger partial charge on any atom is -0.486 e. The Morgan fingerprint density at radius 3 is 2.52 bits per heavy atom.